The van der Waals surface area contributed by atoms with Gasteiger partial charge >= 0.3 is 166 Å². The first kappa shape index (κ1) is 91.3. The van der Waals surface area contributed by atoms with E-state index in [1.165, 1.54) is 341 Å². The smallest absolute Gasteiger partial charge is 0.0654 e. The van der Waals surface area contributed by atoms with E-state index in [0.29, 0.717) is 0 Å². The van der Waals surface area contributed by atoms with Gasteiger partial charge < -0.3 is 5.53 Å². The van der Waals surface area contributed by atoms with Crippen LogP contribution in [0.25, 0.3) is 16.9 Å². The SMILES string of the molecule is CCCCCC#Cc1cc(C#CCCCCC)cc(C2=C(CCCC)C(CCCCCCCC)=C(c3cc(C#CCCCCC)cc(C#CCCCCC)c3)[N+]2=[N-])c1.CCCCCCCCCCCCCCCCCCC[CH2][Ni][CH2]CCCCCCCCCCCCCCCCCCC. The van der Waals surface area contributed by atoms with E-state index in [1.807, 2.05) is 14.4 Å². The van der Waals surface area contributed by atoms with Crippen molar-refractivity contribution in [3.05, 3.63) is 86.5 Å². The van der Waals surface area contributed by atoms with Crippen LogP contribution < -0.4 is 0 Å². The predicted molar refractivity (Wildman–Crippen MR) is 439 cm³/mol. The van der Waals surface area contributed by atoms with Crippen LogP contribution in [0.3, 0.4) is 0 Å². The topological polar surface area (TPSA) is 25.3 Å². The molecule has 562 valence electrons. The van der Waals surface area contributed by atoms with Crippen molar-refractivity contribution >= 4 is 11.4 Å². The second kappa shape index (κ2) is 69.9. The number of nitrogens with zero attached hydrogens (tertiary/aromatic N) is 2. The molecule has 0 saturated heterocycles. The number of rotatable bonds is 62. The van der Waals surface area contributed by atoms with E-state index in [-0.39, 0.29) is 0 Å². The molecule has 0 saturated carbocycles. The minimum absolute atomic E-state index is 0.886. The third kappa shape index (κ3) is 50.3. The van der Waals surface area contributed by atoms with Gasteiger partial charge in [-0.1, -0.05) is 283 Å². The fourth-order valence-electron chi connectivity index (χ4n) is 13.7. The molecule has 2 aromatic carbocycles. The van der Waals surface area contributed by atoms with Crippen molar-refractivity contribution in [1.82, 2.24) is 0 Å². The Morgan fingerprint density at radius 1 is 0.242 bits per heavy atom. The normalized spacial score (nSPS) is 11.9. The predicted octanol–water partition coefficient (Wildman–Crippen LogP) is 32.5. The van der Waals surface area contributed by atoms with Gasteiger partial charge in [0.05, 0.1) is 0 Å². The molecule has 1 heterocycles. The van der Waals surface area contributed by atoms with Gasteiger partial charge in [-0.15, -0.1) is 0 Å². The molecule has 0 spiro atoms. The Hall–Kier alpha value is -3.75. The van der Waals surface area contributed by atoms with Gasteiger partial charge in [-0.2, -0.15) is 0 Å². The van der Waals surface area contributed by atoms with Gasteiger partial charge in [0.25, 0.3) is 0 Å². The Morgan fingerprint density at radius 3 is 0.687 bits per heavy atom. The summed E-state index contributed by atoms with van der Waals surface area (Å²) in [5.74, 6) is 27.8. The summed E-state index contributed by atoms with van der Waals surface area (Å²) in [7, 11) is 0. The summed E-state index contributed by atoms with van der Waals surface area (Å²) in [4.78, 5) is 0. The molecule has 99 heavy (non-hydrogen) atoms. The van der Waals surface area contributed by atoms with E-state index in [0.717, 1.165) is 128 Å². The second-order valence-corrected chi connectivity index (χ2v) is 31.2. The molecular formula is C96H158N2Ni. The second-order valence-electron chi connectivity index (χ2n) is 29.7. The maximum atomic E-state index is 12.7. The van der Waals surface area contributed by atoms with E-state index < -0.39 is 0 Å². The average molecular weight is 1400 g/mol. The molecule has 3 heteroatoms. The Balaban J connectivity index is 0.000000718. The fourth-order valence-corrected chi connectivity index (χ4v) is 15.0. The van der Waals surface area contributed by atoms with Crippen LogP contribution in [0.15, 0.2) is 47.5 Å². The van der Waals surface area contributed by atoms with E-state index in [1.54, 1.807) is 0 Å². The van der Waals surface area contributed by atoms with Crippen LogP contribution in [-0.4, -0.2) is 4.70 Å². The molecule has 0 aliphatic carbocycles. The summed E-state index contributed by atoms with van der Waals surface area (Å²) < 4.78 is 1.52. The molecule has 0 N–H and O–H groups in total. The molecule has 1 aliphatic rings. The summed E-state index contributed by atoms with van der Waals surface area (Å²) in [5.41, 5.74) is 22.8. The number of hydrogen-bond donors (Lipinski definition) is 0. The first-order valence-electron chi connectivity index (χ1n) is 43.6. The Morgan fingerprint density at radius 2 is 0.444 bits per heavy atom. The van der Waals surface area contributed by atoms with Crippen LogP contribution >= 0.6 is 0 Å². The quantitative estimate of drug-likeness (QED) is 0.0273. The van der Waals surface area contributed by atoms with Crippen LogP contribution in [0.2, 0.25) is 10.8 Å². The van der Waals surface area contributed by atoms with Gasteiger partial charge in [0.2, 0.25) is 11.4 Å². The monoisotopic (exact) mass is 1400 g/mol. The van der Waals surface area contributed by atoms with Crippen molar-refractivity contribution in [2.75, 3.05) is 0 Å². The maximum absolute atomic E-state index is 12.7. The van der Waals surface area contributed by atoms with Gasteiger partial charge in [-0.25, -0.2) is 4.70 Å². The molecular weight excluding hydrogens is 1240 g/mol. The van der Waals surface area contributed by atoms with Crippen LogP contribution in [0.5, 0.6) is 0 Å². The Bertz CT molecular complexity index is 2450. The zero-order valence-corrected chi connectivity index (χ0v) is 67.9. The summed E-state index contributed by atoms with van der Waals surface area (Å²) >= 11 is 2.05. The van der Waals surface area contributed by atoms with Gasteiger partial charge in [0.1, 0.15) is 0 Å². The van der Waals surface area contributed by atoms with Gasteiger partial charge in [0, 0.05) is 70.2 Å². The summed E-state index contributed by atoms with van der Waals surface area (Å²) in [6.07, 6.45) is 82.1. The van der Waals surface area contributed by atoms with Crippen molar-refractivity contribution in [2.24, 2.45) is 0 Å². The van der Waals surface area contributed by atoms with Gasteiger partial charge in [-0.3, -0.25) is 0 Å². The summed E-state index contributed by atoms with van der Waals surface area (Å²) in [6, 6.07) is 13.1. The van der Waals surface area contributed by atoms with Crippen LogP contribution in [0.1, 0.15) is 487 Å². The molecule has 0 atom stereocenters. The van der Waals surface area contributed by atoms with E-state index in [9.17, 15) is 5.53 Å². The molecule has 0 unspecified atom stereocenters. The molecule has 3 rings (SSSR count). The number of benzene rings is 2. The Labute approximate surface area is 624 Å². The van der Waals surface area contributed by atoms with E-state index >= 15 is 0 Å². The van der Waals surface area contributed by atoms with Gasteiger partial charge in [-0.05, 0) is 87.8 Å². The average Bonchev–Trinajstić information content (AvgIpc) is 1.61. The first-order valence-corrected chi connectivity index (χ1v) is 45.0. The molecule has 0 aromatic heterocycles. The number of unbranched alkanes of at least 4 members (excludes halogenated alkanes) is 52. The molecule has 1 aliphatic heterocycles. The summed E-state index contributed by atoms with van der Waals surface area (Å²) in [6.45, 7) is 18.1. The third-order valence-electron chi connectivity index (χ3n) is 20.0. The number of hydrogen-bond acceptors (Lipinski definition) is 0. The van der Waals surface area contributed by atoms with Crippen molar-refractivity contribution in [3.63, 3.8) is 0 Å². The van der Waals surface area contributed by atoms with Crippen LogP contribution in [-0.2, 0) is 14.4 Å². The zero-order chi connectivity index (χ0) is 71.2. The minimum Gasteiger partial charge on any atom is -0.0654 e. The molecule has 2 nitrogen and oxygen atoms in total. The third-order valence-corrected chi connectivity index (χ3v) is 21.4. The Kier molecular flexibility index (Phi) is 64.5. The molecule has 0 amide bonds. The van der Waals surface area contributed by atoms with E-state index in [2.05, 4.69) is 139 Å². The zero-order valence-electron chi connectivity index (χ0n) is 66.9. The van der Waals surface area contributed by atoms with Crippen molar-refractivity contribution in [2.45, 2.75) is 464 Å². The molecule has 2 aromatic rings. The van der Waals surface area contributed by atoms with Crippen molar-refractivity contribution in [1.29, 1.82) is 0 Å². The minimum atomic E-state index is 0.886. The standard InChI is InChI=1S/C56H76N2.2C20H41.Ni/c1-7-13-19-24-29-34-40-54-53(39-18-12-6)55(51-43-47(35-30-25-20-14-8-2)41-48(44-51)36-31-26-21-15-9-3)58(57)56(54)52-45-49(37-32-27-22-16-10-4)42-50(46-52)38-33-28-23-17-11-5;2*1-3-5-7-9-11-13-15-17-19-20-18-16-14-12-10-8-6-4-2;/h41-46H,7-29,34,39-40H2,1-6H3;2*1,3-20H2,2H3;. The first-order chi connectivity index (χ1) is 48.9. The molecule has 0 fully saturated rings. The fraction of sp³-hybridized carbons (Fsp3) is 0.750. The van der Waals surface area contributed by atoms with Crippen LogP contribution in [0, 0.1) is 47.4 Å². The molecule has 0 bridgehead atoms. The number of allylic oxidation sites excluding steroid dienone is 2. The van der Waals surface area contributed by atoms with Crippen molar-refractivity contribution < 1.29 is 19.1 Å². The molecule has 0 radical (unpaired) electrons. The van der Waals surface area contributed by atoms with Gasteiger partial charge in [0.15, 0.2) is 0 Å². The van der Waals surface area contributed by atoms with E-state index in [4.69, 9.17) is 0 Å². The summed E-state index contributed by atoms with van der Waals surface area (Å²) in [5, 5.41) is 2.87. The van der Waals surface area contributed by atoms with Crippen molar-refractivity contribution in [3.8, 4) is 47.4 Å². The van der Waals surface area contributed by atoms with Crippen LogP contribution in [0.4, 0.5) is 0 Å².